The van der Waals surface area contributed by atoms with Crippen LogP contribution < -0.4 is 0 Å². The van der Waals surface area contributed by atoms with Gasteiger partial charge in [0.05, 0.1) is 17.8 Å². The lowest BCUT2D eigenvalue weighted by molar-refractivity contribution is 0.320. The Bertz CT molecular complexity index is 260. The molecule has 0 spiro atoms. The Hall–Kier alpha value is -0.810. The Morgan fingerprint density at radius 3 is 2.71 bits per heavy atom. The van der Waals surface area contributed by atoms with Crippen LogP contribution in [0.25, 0.3) is 0 Å². The Kier molecular flexibility index (Phi) is 3.71. The first kappa shape index (κ1) is 11.3. The van der Waals surface area contributed by atoms with Crippen LogP contribution in [-0.4, -0.2) is 11.7 Å². The minimum absolute atomic E-state index is 0.118. The van der Waals surface area contributed by atoms with E-state index in [0.717, 1.165) is 19.3 Å². The first-order valence-corrected chi connectivity index (χ1v) is 5.26. The molecule has 1 unspecified atom stereocenters. The third-order valence-corrected chi connectivity index (χ3v) is 2.71. The highest BCUT2D eigenvalue weighted by molar-refractivity contribution is 5.03. The molecule has 0 aromatic heterocycles. The van der Waals surface area contributed by atoms with Gasteiger partial charge >= 0.3 is 0 Å². The number of unbranched alkanes of at least 4 members (excludes halogenated alkanes) is 1. The van der Waals surface area contributed by atoms with Gasteiger partial charge in [0.1, 0.15) is 0 Å². The molecule has 1 saturated heterocycles. The van der Waals surface area contributed by atoms with E-state index in [2.05, 4.69) is 32.9 Å². The molecule has 1 fully saturated rings. The van der Waals surface area contributed by atoms with E-state index < -0.39 is 0 Å². The molecule has 0 saturated carbocycles. The fraction of sp³-hybridized carbons (Fsp3) is 0.750. The molecule has 0 aromatic carbocycles. The van der Waals surface area contributed by atoms with Gasteiger partial charge in [-0.05, 0) is 40.0 Å². The predicted molar refractivity (Wildman–Crippen MR) is 56.8 cm³/mol. The Labute approximate surface area is 86.6 Å². The number of allylic oxidation sites excluding steroid dienone is 2. The van der Waals surface area contributed by atoms with Crippen LogP contribution in [0.1, 0.15) is 46.5 Å². The molecule has 0 radical (unpaired) electrons. The van der Waals surface area contributed by atoms with Gasteiger partial charge in [0.15, 0.2) is 0 Å². The minimum Gasteiger partial charge on any atom is -0.367 e. The van der Waals surface area contributed by atoms with Crippen LogP contribution in [0, 0.1) is 11.3 Å². The monoisotopic (exact) mass is 193 g/mol. The van der Waals surface area contributed by atoms with Crippen molar-refractivity contribution in [2.45, 2.75) is 58.2 Å². The largest absolute Gasteiger partial charge is 0.367 e. The summed E-state index contributed by atoms with van der Waals surface area (Å²) in [5.74, 6) is 0. The first-order chi connectivity index (χ1) is 6.56. The van der Waals surface area contributed by atoms with Crippen molar-refractivity contribution in [3.05, 3.63) is 11.6 Å². The lowest BCUT2D eigenvalue weighted by atomic mass is 10.0. The van der Waals surface area contributed by atoms with E-state index in [4.69, 9.17) is 10.00 Å². The summed E-state index contributed by atoms with van der Waals surface area (Å²) in [6.07, 6.45) is 6.34. The molecule has 2 nitrogen and oxygen atoms in total. The molecule has 2 heteroatoms. The van der Waals surface area contributed by atoms with Crippen LogP contribution in [0.4, 0.5) is 0 Å². The van der Waals surface area contributed by atoms with Gasteiger partial charge in [-0.25, -0.2) is 0 Å². The fourth-order valence-corrected chi connectivity index (χ4v) is 1.58. The summed E-state index contributed by atoms with van der Waals surface area (Å²) < 4.78 is 5.50. The maximum absolute atomic E-state index is 8.38. The third kappa shape index (κ3) is 3.51. The van der Waals surface area contributed by atoms with Gasteiger partial charge in [0, 0.05) is 6.42 Å². The van der Waals surface area contributed by atoms with Gasteiger partial charge in [-0.3, -0.25) is 0 Å². The highest BCUT2D eigenvalue weighted by atomic mass is 16.6. The molecule has 0 bridgehead atoms. The third-order valence-electron chi connectivity index (χ3n) is 2.71. The quantitative estimate of drug-likeness (QED) is 0.382. The van der Waals surface area contributed by atoms with Gasteiger partial charge in [0.25, 0.3) is 0 Å². The second kappa shape index (κ2) is 4.61. The molecule has 1 heterocycles. The standard InChI is InChI=1S/C12H19NO/c1-10(6-4-5-9-13)7-8-11-12(2,3)14-11/h6,11H,4-5,7-8H2,1-3H3/b10-6+. The lowest BCUT2D eigenvalue weighted by Gasteiger charge is -1.99. The van der Waals surface area contributed by atoms with E-state index >= 15 is 0 Å². The van der Waals surface area contributed by atoms with Crippen LogP contribution in [0.15, 0.2) is 11.6 Å². The number of rotatable bonds is 5. The summed E-state index contributed by atoms with van der Waals surface area (Å²) >= 11 is 0. The summed E-state index contributed by atoms with van der Waals surface area (Å²) in [6, 6.07) is 2.14. The Balaban J connectivity index is 2.13. The highest BCUT2D eigenvalue weighted by Gasteiger charge is 2.46. The molecular formula is C12H19NO. The number of hydrogen-bond donors (Lipinski definition) is 0. The highest BCUT2D eigenvalue weighted by Crippen LogP contribution is 2.38. The topological polar surface area (TPSA) is 36.3 Å². The molecular weight excluding hydrogens is 174 g/mol. The predicted octanol–water partition coefficient (Wildman–Crippen LogP) is 3.19. The molecule has 14 heavy (non-hydrogen) atoms. The zero-order chi connectivity index (χ0) is 10.6. The van der Waals surface area contributed by atoms with Crippen molar-refractivity contribution < 1.29 is 4.74 Å². The normalized spacial score (nSPS) is 24.4. The average molecular weight is 193 g/mol. The van der Waals surface area contributed by atoms with Gasteiger partial charge in [-0.2, -0.15) is 5.26 Å². The lowest BCUT2D eigenvalue weighted by Crippen LogP contribution is -2.02. The smallest absolute Gasteiger partial charge is 0.0892 e. The van der Waals surface area contributed by atoms with Gasteiger partial charge < -0.3 is 4.74 Å². The molecule has 0 aliphatic carbocycles. The summed E-state index contributed by atoms with van der Waals surface area (Å²) in [5, 5.41) is 8.38. The van der Waals surface area contributed by atoms with Crippen molar-refractivity contribution in [1.29, 1.82) is 5.26 Å². The van der Waals surface area contributed by atoms with Crippen LogP contribution in [-0.2, 0) is 4.74 Å². The SMILES string of the molecule is C/C(=C\CCC#N)CCC1OC1(C)C. The van der Waals surface area contributed by atoms with Crippen molar-refractivity contribution in [2.24, 2.45) is 0 Å². The van der Waals surface area contributed by atoms with Crippen molar-refractivity contribution in [2.75, 3.05) is 0 Å². The summed E-state index contributed by atoms with van der Waals surface area (Å²) in [4.78, 5) is 0. The minimum atomic E-state index is 0.118. The van der Waals surface area contributed by atoms with Gasteiger partial charge in [-0.15, -0.1) is 0 Å². The molecule has 1 aliphatic rings. The van der Waals surface area contributed by atoms with Crippen molar-refractivity contribution in [1.82, 2.24) is 0 Å². The van der Waals surface area contributed by atoms with E-state index in [1.54, 1.807) is 0 Å². The second-order valence-electron chi connectivity index (χ2n) is 4.50. The molecule has 1 atom stereocenters. The maximum atomic E-state index is 8.38. The van der Waals surface area contributed by atoms with E-state index in [9.17, 15) is 0 Å². The second-order valence-corrected chi connectivity index (χ2v) is 4.50. The van der Waals surface area contributed by atoms with Crippen molar-refractivity contribution >= 4 is 0 Å². The summed E-state index contributed by atoms with van der Waals surface area (Å²) in [6.45, 7) is 6.39. The average Bonchev–Trinajstić information content (AvgIpc) is 2.71. The first-order valence-electron chi connectivity index (χ1n) is 5.26. The number of hydrogen-bond acceptors (Lipinski definition) is 2. The van der Waals surface area contributed by atoms with Crippen molar-refractivity contribution in [3.8, 4) is 6.07 Å². The Morgan fingerprint density at radius 2 is 2.21 bits per heavy atom. The fourth-order valence-electron chi connectivity index (χ4n) is 1.58. The van der Waals surface area contributed by atoms with Crippen LogP contribution in [0.2, 0.25) is 0 Å². The van der Waals surface area contributed by atoms with Crippen LogP contribution in [0.3, 0.4) is 0 Å². The number of epoxide rings is 1. The molecule has 1 aliphatic heterocycles. The van der Waals surface area contributed by atoms with E-state index in [1.165, 1.54) is 5.57 Å². The van der Waals surface area contributed by atoms with Crippen LogP contribution in [0.5, 0.6) is 0 Å². The van der Waals surface area contributed by atoms with Gasteiger partial charge in [-0.1, -0.05) is 11.6 Å². The summed E-state index contributed by atoms with van der Waals surface area (Å²) in [5.41, 5.74) is 1.50. The molecule has 0 aromatic rings. The van der Waals surface area contributed by atoms with E-state index in [0.29, 0.717) is 12.5 Å². The number of nitriles is 1. The maximum Gasteiger partial charge on any atom is 0.0892 e. The number of nitrogens with zero attached hydrogens (tertiary/aromatic N) is 1. The molecule has 1 rings (SSSR count). The van der Waals surface area contributed by atoms with E-state index in [1.807, 2.05) is 0 Å². The Morgan fingerprint density at radius 1 is 1.57 bits per heavy atom. The van der Waals surface area contributed by atoms with Gasteiger partial charge in [0.2, 0.25) is 0 Å². The summed E-state index contributed by atoms with van der Waals surface area (Å²) in [7, 11) is 0. The zero-order valence-corrected chi connectivity index (χ0v) is 9.34. The number of ether oxygens (including phenoxy) is 1. The van der Waals surface area contributed by atoms with E-state index in [-0.39, 0.29) is 5.60 Å². The van der Waals surface area contributed by atoms with Crippen molar-refractivity contribution in [3.63, 3.8) is 0 Å². The molecule has 0 amide bonds. The zero-order valence-electron chi connectivity index (χ0n) is 9.34. The molecule has 78 valence electrons. The molecule has 0 N–H and O–H groups in total. The van der Waals surface area contributed by atoms with Crippen LogP contribution >= 0.6 is 0 Å².